The fourth-order valence-corrected chi connectivity index (χ4v) is 2.36. The number of alkyl halides is 3. The molecule has 3 aromatic rings. The summed E-state index contributed by atoms with van der Waals surface area (Å²) in [5.74, 6) is -0.147. The largest absolute Gasteiger partial charge is 0.450 e. The summed E-state index contributed by atoms with van der Waals surface area (Å²) in [5.41, 5.74) is -1.73. The first kappa shape index (κ1) is 17.7. The molecular weight excluding hydrogens is 379 g/mol. The number of nitrogens with zero attached hydrogens (tertiary/aromatic N) is 3. The minimum absolute atomic E-state index is 0.111. The van der Waals surface area contributed by atoms with Crippen LogP contribution in [0.15, 0.2) is 47.2 Å². The van der Waals surface area contributed by atoms with Gasteiger partial charge in [-0.1, -0.05) is 17.7 Å². The van der Waals surface area contributed by atoms with E-state index >= 15 is 0 Å². The maximum Gasteiger partial charge on any atom is 0.418 e. The van der Waals surface area contributed by atoms with E-state index in [1.807, 2.05) is 0 Å². The average molecular weight is 386 g/mol. The first-order valence-corrected chi connectivity index (χ1v) is 7.23. The molecule has 0 amide bonds. The third-order valence-electron chi connectivity index (χ3n) is 3.22. The SMILES string of the molecule is O=[N+]([O-])c1cc(C(F)(F)F)c(Cl)cc1Oc1cccc(-c2nnco2)c1. The Labute approximate surface area is 148 Å². The van der Waals surface area contributed by atoms with Gasteiger partial charge in [0, 0.05) is 17.7 Å². The number of ether oxygens (including phenoxy) is 1. The first-order chi connectivity index (χ1) is 12.3. The van der Waals surface area contributed by atoms with Gasteiger partial charge in [0.15, 0.2) is 0 Å². The zero-order chi connectivity index (χ0) is 18.9. The molecule has 0 saturated heterocycles. The molecular formula is C15H7ClF3N3O4. The van der Waals surface area contributed by atoms with Gasteiger partial charge in [-0.2, -0.15) is 13.2 Å². The fourth-order valence-electron chi connectivity index (χ4n) is 2.10. The molecule has 0 aliphatic rings. The molecule has 0 aliphatic carbocycles. The Balaban J connectivity index is 2.01. The molecule has 134 valence electrons. The van der Waals surface area contributed by atoms with Gasteiger partial charge < -0.3 is 9.15 Å². The molecule has 0 bridgehead atoms. The van der Waals surface area contributed by atoms with Crippen molar-refractivity contribution in [2.24, 2.45) is 0 Å². The van der Waals surface area contributed by atoms with Crippen molar-refractivity contribution in [2.45, 2.75) is 6.18 Å². The van der Waals surface area contributed by atoms with Gasteiger partial charge in [-0.15, -0.1) is 10.2 Å². The highest BCUT2D eigenvalue weighted by Crippen LogP contribution is 2.42. The second kappa shape index (κ2) is 6.64. The third kappa shape index (κ3) is 3.59. The van der Waals surface area contributed by atoms with Gasteiger partial charge in [0.25, 0.3) is 0 Å². The summed E-state index contributed by atoms with van der Waals surface area (Å²) in [6.07, 6.45) is -3.72. The fraction of sp³-hybridized carbons (Fsp3) is 0.0667. The Morgan fingerprint density at radius 3 is 2.62 bits per heavy atom. The van der Waals surface area contributed by atoms with E-state index in [0.29, 0.717) is 11.6 Å². The van der Waals surface area contributed by atoms with Gasteiger partial charge in [-0.3, -0.25) is 10.1 Å². The van der Waals surface area contributed by atoms with Crippen LogP contribution >= 0.6 is 11.6 Å². The molecule has 2 aromatic carbocycles. The topological polar surface area (TPSA) is 91.3 Å². The highest BCUT2D eigenvalue weighted by molar-refractivity contribution is 6.31. The number of halogens is 4. The van der Waals surface area contributed by atoms with E-state index in [9.17, 15) is 23.3 Å². The Morgan fingerprint density at radius 1 is 1.23 bits per heavy atom. The summed E-state index contributed by atoms with van der Waals surface area (Å²) in [5, 5.41) is 17.7. The molecule has 0 spiro atoms. The Hall–Kier alpha value is -3.14. The number of benzene rings is 2. The predicted molar refractivity (Wildman–Crippen MR) is 82.9 cm³/mol. The smallest absolute Gasteiger partial charge is 0.418 e. The molecule has 7 nitrogen and oxygen atoms in total. The summed E-state index contributed by atoms with van der Waals surface area (Å²) < 4.78 is 49.1. The molecule has 0 fully saturated rings. The second-order valence-corrected chi connectivity index (χ2v) is 5.34. The van der Waals surface area contributed by atoms with Crippen molar-refractivity contribution in [3.8, 4) is 23.0 Å². The molecule has 0 saturated carbocycles. The van der Waals surface area contributed by atoms with Crippen LogP contribution in [0.25, 0.3) is 11.5 Å². The molecule has 0 N–H and O–H groups in total. The molecule has 0 aliphatic heterocycles. The van der Waals surface area contributed by atoms with Crippen LogP contribution in [-0.2, 0) is 6.18 Å². The van der Waals surface area contributed by atoms with Crippen molar-refractivity contribution < 1.29 is 27.2 Å². The third-order valence-corrected chi connectivity index (χ3v) is 3.53. The van der Waals surface area contributed by atoms with E-state index < -0.39 is 33.1 Å². The van der Waals surface area contributed by atoms with E-state index in [-0.39, 0.29) is 11.6 Å². The van der Waals surface area contributed by atoms with E-state index in [4.69, 9.17) is 20.8 Å². The summed E-state index contributed by atoms with van der Waals surface area (Å²) in [4.78, 5) is 10.2. The van der Waals surface area contributed by atoms with E-state index in [0.717, 1.165) is 12.5 Å². The molecule has 0 atom stereocenters. The molecule has 1 aromatic heterocycles. The van der Waals surface area contributed by atoms with Gasteiger partial charge >= 0.3 is 11.9 Å². The highest BCUT2D eigenvalue weighted by atomic mass is 35.5. The van der Waals surface area contributed by atoms with Crippen LogP contribution < -0.4 is 4.74 Å². The average Bonchev–Trinajstić information content (AvgIpc) is 3.08. The Morgan fingerprint density at radius 2 is 2.00 bits per heavy atom. The summed E-state index contributed by atoms with van der Waals surface area (Å²) >= 11 is 5.61. The summed E-state index contributed by atoms with van der Waals surface area (Å²) in [6.45, 7) is 0. The van der Waals surface area contributed by atoms with Crippen molar-refractivity contribution in [3.05, 3.63) is 63.5 Å². The molecule has 0 unspecified atom stereocenters. The lowest BCUT2D eigenvalue weighted by Gasteiger charge is -2.12. The zero-order valence-corrected chi connectivity index (χ0v) is 13.3. The molecule has 26 heavy (non-hydrogen) atoms. The van der Waals surface area contributed by atoms with Gasteiger partial charge in [-0.25, -0.2) is 0 Å². The van der Waals surface area contributed by atoms with Crippen molar-refractivity contribution in [3.63, 3.8) is 0 Å². The van der Waals surface area contributed by atoms with Crippen LogP contribution in [0.3, 0.4) is 0 Å². The van der Waals surface area contributed by atoms with Crippen LogP contribution in [0, 0.1) is 10.1 Å². The highest BCUT2D eigenvalue weighted by Gasteiger charge is 2.36. The molecule has 11 heteroatoms. The quantitative estimate of drug-likeness (QED) is 0.458. The second-order valence-electron chi connectivity index (χ2n) is 4.93. The minimum atomic E-state index is -4.84. The van der Waals surface area contributed by atoms with Crippen LogP contribution in [0.2, 0.25) is 5.02 Å². The molecule has 3 rings (SSSR count). The maximum absolute atomic E-state index is 12.9. The standard InChI is InChI=1S/C15H7ClF3N3O4/c16-11-6-13(12(22(23)24)5-10(11)15(17,18)19)26-9-3-1-2-8(4-9)14-21-20-7-25-14/h1-7H. The van der Waals surface area contributed by atoms with Gasteiger partial charge in [0.05, 0.1) is 15.5 Å². The van der Waals surface area contributed by atoms with E-state index in [2.05, 4.69) is 10.2 Å². The van der Waals surface area contributed by atoms with Gasteiger partial charge in [0.2, 0.25) is 18.0 Å². The summed E-state index contributed by atoms with van der Waals surface area (Å²) in [6, 6.07) is 7.14. The molecule has 0 radical (unpaired) electrons. The number of nitro benzene ring substituents is 1. The number of hydrogen-bond donors (Lipinski definition) is 0. The van der Waals surface area contributed by atoms with Crippen LogP contribution in [0.5, 0.6) is 11.5 Å². The predicted octanol–water partition coefficient (Wildman–Crippen LogP) is 5.11. The zero-order valence-electron chi connectivity index (χ0n) is 12.5. The summed E-state index contributed by atoms with van der Waals surface area (Å²) in [7, 11) is 0. The van der Waals surface area contributed by atoms with E-state index in [1.54, 1.807) is 12.1 Å². The Bertz CT molecular complexity index is 961. The number of aromatic nitrogens is 2. The van der Waals surface area contributed by atoms with Gasteiger partial charge in [-0.05, 0) is 18.2 Å². The lowest BCUT2D eigenvalue weighted by atomic mass is 10.1. The minimum Gasteiger partial charge on any atom is -0.450 e. The Kier molecular flexibility index (Phi) is 4.51. The van der Waals surface area contributed by atoms with Crippen LogP contribution in [-0.4, -0.2) is 15.1 Å². The van der Waals surface area contributed by atoms with Crippen molar-refractivity contribution in [1.29, 1.82) is 0 Å². The maximum atomic E-state index is 12.9. The number of hydrogen-bond acceptors (Lipinski definition) is 6. The van der Waals surface area contributed by atoms with Crippen molar-refractivity contribution >= 4 is 17.3 Å². The van der Waals surface area contributed by atoms with Crippen LogP contribution in [0.1, 0.15) is 5.56 Å². The number of nitro groups is 1. The number of rotatable bonds is 4. The van der Waals surface area contributed by atoms with Crippen LogP contribution in [0.4, 0.5) is 18.9 Å². The van der Waals surface area contributed by atoms with E-state index in [1.165, 1.54) is 12.1 Å². The normalized spacial score (nSPS) is 11.4. The van der Waals surface area contributed by atoms with Gasteiger partial charge in [0.1, 0.15) is 5.75 Å². The lowest BCUT2D eigenvalue weighted by Crippen LogP contribution is -2.07. The van der Waals surface area contributed by atoms with Crippen molar-refractivity contribution in [2.75, 3.05) is 0 Å². The lowest BCUT2D eigenvalue weighted by molar-refractivity contribution is -0.385. The van der Waals surface area contributed by atoms with Crippen molar-refractivity contribution in [1.82, 2.24) is 10.2 Å². The first-order valence-electron chi connectivity index (χ1n) is 6.85. The molecule has 1 heterocycles. The monoisotopic (exact) mass is 385 g/mol.